The highest BCUT2D eigenvalue weighted by Gasteiger charge is 2.11. The number of aliphatic carboxylic acids is 1. The molecule has 0 saturated heterocycles. The monoisotopic (exact) mass is 322 g/mol. The van der Waals surface area contributed by atoms with Crippen LogP contribution in [0.25, 0.3) is 6.08 Å². The van der Waals surface area contributed by atoms with Crippen molar-refractivity contribution in [3.8, 4) is 0 Å². The molecule has 0 aliphatic carbocycles. The second-order valence-electron chi connectivity index (χ2n) is 4.84. The van der Waals surface area contributed by atoms with Crippen LogP contribution in [0.5, 0.6) is 0 Å². The molecule has 5 nitrogen and oxygen atoms in total. The highest BCUT2D eigenvalue weighted by Crippen LogP contribution is 2.09. The Labute approximate surface area is 137 Å². The van der Waals surface area contributed by atoms with Gasteiger partial charge in [-0.05, 0) is 18.1 Å². The number of unbranched alkanes of at least 4 members (excludes halogenated alkanes) is 3. The van der Waals surface area contributed by atoms with Crippen LogP contribution in [0.1, 0.15) is 45.1 Å². The number of benzene rings is 1. The highest BCUT2D eigenvalue weighted by molar-refractivity contribution is 5.91. The summed E-state index contributed by atoms with van der Waals surface area (Å²) in [6, 6.07) is 9.57. The summed E-state index contributed by atoms with van der Waals surface area (Å²) in [4.78, 5) is 20.8. The number of ether oxygens (including phenoxy) is 2. The largest absolute Gasteiger partial charge is 0.490 e. The first-order valence-electron chi connectivity index (χ1n) is 7.68. The Morgan fingerprint density at radius 1 is 1.13 bits per heavy atom. The summed E-state index contributed by atoms with van der Waals surface area (Å²) in [6.07, 6.45) is 6.03. The molecule has 0 heterocycles. The minimum Gasteiger partial charge on any atom is -0.490 e. The van der Waals surface area contributed by atoms with Gasteiger partial charge in [0.2, 0.25) is 5.76 Å². The maximum absolute atomic E-state index is 11.8. The smallest absolute Gasteiger partial charge is 0.373 e. The summed E-state index contributed by atoms with van der Waals surface area (Å²) >= 11 is 0. The van der Waals surface area contributed by atoms with Crippen LogP contribution in [-0.2, 0) is 19.1 Å². The molecule has 1 aromatic rings. The second-order valence-corrected chi connectivity index (χ2v) is 4.84. The zero-order valence-corrected chi connectivity index (χ0v) is 14.1. The molecule has 0 amide bonds. The molecule has 1 aromatic carbocycles. The Morgan fingerprint density at radius 3 is 2.26 bits per heavy atom. The second kappa shape index (κ2) is 13.4. The fourth-order valence-corrected chi connectivity index (χ4v) is 1.67. The Morgan fingerprint density at radius 2 is 1.74 bits per heavy atom. The van der Waals surface area contributed by atoms with Crippen molar-refractivity contribution in [2.75, 3.05) is 13.7 Å². The fourth-order valence-electron chi connectivity index (χ4n) is 1.67. The number of esters is 1. The van der Waals surface area contributed by atoms with Crippen LogP contribution in [0, 0.1) is 0 Å². The van der Waals surface area contributed by atoms with E-state index in [-0.39, 0.29) is 5.76 Å². The minimum absolute atomic E-state index is 0.238. The van der Waals surface area contributed by atoms with Gasteiger partial charge in [0.25, 0.3) is 5.97 Å². The van der Waals surface area contributed by atoms with E-state index in [1.807, 2.05) is 30.3 Å². The summed E-state index contributed by atoms with van der Waals surface area (Å²) in [6.45, 7) is 3.69. The van der Waals surface area contributed by atoms with E-state index in [0.717, 1.165) is 25.3 Å². The number of carbonyl (C=O) groups excluding carboxylic acids is 1. The summed E-state index contributed by atoms with van der Waals surface area (Å²) in [5.41, 5.74) is 0.919. The number of carboxylic acid groups (broad SMARTS) is 1. The van der Waals surface area contributed by atoms with Crippen LogP contribution in [-0.4, -0.2) is 30.8 Å². The van der Waals surface area contributed by atoms with Crippen LogP contribution in [0.3, 0.4) is 0 Å². The van der Waals surface area contributed by atoms with Gasteiger partial charge in [0.05, 0.1) is 13.7 Å². The van der Waals surface area contributed by atoms with E-state index < -0.39 is 11.9 Å². The van der Waals surface area contributed by atoms with E-state index in [1.54, 1.807) is 6.08 Å². The molecule has 0 aromatic heterocycles. The summed E-state index contributed by atoms with van der Waals surface area (Å²) in [5, 5.41) is 7.42. The molecule has 23 heavy (non-hydrogen) atoms. The Kier molecular flexibility index (Phi) is 12.0. The third kappa shape index (κ3) is 12.0. The number of methoxy groups -OCH3 is 1. The summed E-state index contributed by atoms with van der Waals surface area (Å²) < 4.78 is 10.3. The Balaban J connectivity index is 0.00000108. The number of hydrogen-bond acceptors (Lipinski definition) is 4. The zero-order valence-electron chi connectivity index (χ0n) is 14.1. The van der Waals surface area contributed by atoms with Crippen LogP contribution in [0.15, 0.2) is 36.1 Å². The lowest BCUT2D eigenvalue weighted by Crippen LogP contribution is -2.10. The van der Waals surface area contributed by atoms with Crippen molar-refractivity contribution in [2.45, 2.75) is 39.5 Å². The van der Waals surface area contributed by atoms with Gasteiger partial charge in [0.15, 0.2) is 0 Å². The van der Waals surface area contributed by atoms with Crippen molar-refractivity contribution >= 4 is 18.0 Å². The minimum atomic E-state index is -0.833. The molecule has 0 spiro atoms. The SMILES string of the molecule is CC(=O)O.CCCCCCOC(=O)C(=Cc1ccccc1)OC. The normalized spacial score (nSPS) is 10.3. The molecule has 0 fully saturated rings. The van der Waals surface area contributed by atoms with E-state index in [9.17, 15) is 4.79 Å². The van der Waals surface area contributed by atoms with E-state index in [2.05, 4.69) is 6.92 Å². The number of carbonyl (C=O) groups is 2. The van der Waals surface area contributed by atoms with E-state index in [0.29, 0.717) is 6.61 Å². The molecular formula is C18H26O5. The molecule has 0 bridgehead atoms. The number of carboxylic acids is 1. The molecular weight excluding hydrogens is 296 g/mol. The molecule has 0 saturated carbocycles. The van der Waals surface area contributed by atoms with E-state index >= 15 is 0 Å². The third-order valence-corrected chi connectivity index (χ3v) is 2.75. The third-order valence-electron chi connectivity index (χ3n) is 2.75. The van der Waals surface area contributed by atoms with Crippen molar-refractivity contribution in [3.63, 3.8) is 0 Å². The first kappa shape index (κ1) is 20.7. The van der Waals surface area contributed by atoms with Crippen molar-refractivity contribution in [3.05, 3.63) is 41.7 Å². The predicted octanol–water partition coefficient (Wildman–Crippen LogP) is 3.89. The van der Waals surface area contributed by atoms with Gasteiger partial charge in [0.1, 0.15) is 0 Å². The molecule has 0 atom stereocenters. The molecule has 5 heteroatoms. The molecule has 0 aliphatic rings. The van der Waals surface area contributed by atoms with Crippen LogP contribution < -0.4 is 0 Å². The molecule has 0 radical (unpaired) electrons. The van der Waals surface area contributed by atoms with Crippen molar-refractivity contribution in [1.29, 1.82) is 0 Å². The Bertz CT molecular complexity index is 475. The number of hydrogen-bond donors (Lipinski definition) is 1. The van der Waals surface area contributed by atoms with Crippen molar-refractivity contribution in [1.82, 2.24) is 0 Å². The summed E-state index contributed by atoms with van der Waals surface area (Å²) in [7, 11) is 1.48. The van der Waals surface area contributed by atoms with Crippen LogP contribution in [0.2, 0.25) is 0 Å². The lowest BCUT2D eigenvalue weighted by atomic mass is 10.2. The quantitative estimate of drug-likeness (QED) is 0.340. The topological polar surface area (TPSA) is 72.8 Å². The van der Waals surface area contributed by atoms with Crippen molar-refractivity contribution < 1.29 is 24.2 Å². The van der Waals surface area contributed by atoms with Gasteiger partial charge in [0, 0.05) is 6.92 Å². The Hall–Kier alpha value is -2.30. The molecule has 0 unspecified atom stereocenters. The standard InChI is InChI=1S/C16H22O3.C2H4O2/c1-3-4-5-9-12-19-16(17)15(18-2)13-14-10-7-6-8-11-14;1-2(3)4/h6-8,10-11,13H,3-5,9,12H2,1-2H3;1H3,(H,3,4). The van der Waals surface area contributed by atoms with Gasteiger partial charge in [-0.25, -0.2) is 4.79 Å². The van der Waals surface area contributed by atoms with E-state index in [1.165, 1.54) is 20.0 Å². The lowest BCUT2D eigenvalue weighted by Gasteiger charge is -2.07. The van der Waals surface area contributed by atoms with Gasteiger partial charge in [-0.1, -0.05) is 56.5 Å². The van der Waals surface area contributed by atoms with Crippen LogP contribution in [0.4, 0.5) is 0 Å². The average molecular weight is 322 g/mol. The first-order valence-corrected chi connectivity index (χ1v) is 7.68. The summed E-state index contributed by atoms with van der Waals surface area (Å²) in [5.74, 6) is -0.996. The average Bonchev–Trinajstić information content (AvgIpc) is 2.52. The van der Waals surface area contributed by atoms with Gasteiger partial charge in [-0.15, -0.1) is 0 Å². The van der Waals surface area contributed by atoms with Gasteiger partial charge in [-0.3, -0.25) is 4.79 Å². The van der Waals surface area contributed by atoms with Crippen molar-refractivity contribution in [2.24, 2.45) is 0 Å². The molecule has 128 valence electrons. The highest BCUT2D eigenvalue weighted by atomic mass is 16.6. The zero-order chi connectivity index (χ0) is 17.5. The van der Waals surface area contributed by atoms with Gasteiger partial charge >= 0.3 is 5.97 Å². The molecule has 1 rings (SSSR count). The van der Waals surface area contributed by atoms with Gasteiger partial charge in [-0.2, -0.15) is 0 Å². The van der Waals surface area contributed by atoms with Gasteiger partial charge < -0.3 is 14.6 Å². The maximum atomic E-state index is 11.8. The first-order chi connectivity index (χ1) is 11.0. The molecule has 0 aliphatic heterocycles. The molecule has 1 N–H and O–H groups in total. The lowest BCUT2D eigenvalue weighted by molar-refractivity contribution is -0.142. The maximum Gasteiger partial charge on any atom is 0.373 e. The fraction of sp³-hybridized carbons (Fsp3) is 0.444. The van der Waals surface area contributed by atoms with Crippen LogP contribution >= 0.6 is 0 Å². The predicted molar refractivity (Wildman–Crippen MR) is 89.8 cm³/mol. The van der Waals surface area contributed by atoms with E-state index in [4.69, 9.17) is 19.4 Å². The number of rotatable bonds is 8.